The molecule has 212 valence electrons. The van der Waals surface area contributed by atoms with Crippen LogP contribution in [0.1, 0.15) is 99.7 Å². The second-order valence-corrected chi connectivity index (χ2v) is 12.8. The van der Waals surface area contributed by atoms with Gasteiger partial charge in [0, 0.05) is 23.0 Å². The number of hydrogen-bond donors (Lipinski definition) is 1. The number of carbonyl (C=O) groups excluding carboxylic acids is 3. The minimum absolute atomic E-state index is 0.0510. The number of halogens is 1. The monoisotopic (exact) mass is 556 g/mol. The van der Waals surface area contributed by atoms with Crippen LogP contribution in [0.2, 0.25) is 0 Å². The summed E-state index contributed by atoms with van der Waals surface area (Å²) in [4.78, 5) is 48.9. The summed E-state index contributed by atoms with van der Waals surface area (Å²) in [5.74, 6) is -0.739. The predicted molar refractivity (Wildman–Crippen MR) is 151 cm³/mol. The van der Waals surface area contributed by atoms with E-state index in [0.717, 1.165) is 50.0 Å². The number of amides is 2. The Kier molecular flexibility index (Phi) is 9.21. The summed E-state index contributed by atoms with van der Waals surface area (Å²) in [5.41, 5.74) is 0.494. The van der Waals surface area contributed by atoms with Gasteiger partial charge in [-0.25, -0.2) is 9.37 Å². The molecule has 2 amide bonds. The Labute approximate surface area is 235 Å². The molecule has 1 aromatic heterocycles. The van der Waals surface area contributed by atoms with Crippen LogP contribution in [0.15, 0.2) is 29.6 Å². The van der Waals surface area contributed by atoms with Crippen LogP contribution in [0, 0.1) is 11.7 Å². The van der Waals surface area contributed by atoms with E-state index in [-0.39, 0.29) is 41.1 Å². The van der Waals surface area contributed by atoms with Gasteiger partial charge in [-0.1, -0.05) is 19.3 Å². The summed E-state index contributed by atoms with van der Waals surface area (Å²) in [6.07, 6.45) is 6.73. The van der Waals surface area contributed by atoms with Gasteiger partial charge in [-0.15, -0.1) is 11.3 Å². The number of thiazole rings is 1. The van der Waals surface area contributed by atoms with Gasteiger partial charge in [-0.2, -0.15) is 0 Å². The van der Waals surface area contributed by atoms with Crippen LogP contribution < -0.4 is 5.32 Å². The fraction of sp³-hybridized carbons (Fsp3) is 0.600. The summed E-state index contributed by atoms with van der Waals surface area (Å²) < 4.78 is 13.3. The van der Waals surface area contributed by atoms with Gasteiger partial charge in [0.05, 0.1) is 12.1 Å². The first kappa shape index (κ1) is 29.3. The summed E-state index contributed by atoms with van der Waals surface area (Å²) in [6.45, 7) is 8.69. The molecule has 1 unspecified atom stereocenters. The van der Waals surface area contributed by atoms with Crippen molar-refractivity contribution in [2.45, 2.75) is 96.3 Å². The normalized spacial score (nSPS) is 20.2. The first-order chi connectivity index (χ1) is 18.5. The van der Waals surface area contributed by atoms with Gasteiger partial charge >= 0.3 is 0 Å². The van der Waals surface area contributed by atoms with Crippen molar-refractivity contribution in [3.05, 3.63) is 51.7 Å². The molecule has 1 aliphatic heterocycles. The topological polar surface area (TPSA) is 82.6 Å². The van der Waals surface area contributed by atoms with Gasteiger partial charge in [0.15, 0.2) is 0 Å². The summed E-state index contributed by atoms with van der Waals surface area (Å²) in [7, 11) is 1.94. The molecular formula is C30H41FN4O3S. The summed E-state index contributed by atoms with van der Waals surface area (Å²) in [5, 5.41) is 5.60. The van der Waals surface area contributed by atoms with Crippen molar-refractivity contribution in [3.63, 3.8) is 0 Å². The van der Waals surface area contributed by atoms with Crippen molar-refractivity contribution in [1.82, 2.24) is 20.1 Å². The minimum Gasteiger partial charge on any atom is -0.343 e. The third-order valence-electron chi connectivity index (χ3n) is 8.39. The number of rotatable bonds is 8. The number of likely N-dealkylation sites (N-methyl/N-ethyl adjacent to an activating group) is 1. The Morgan fingerprint density at radius 2 is 1.74 bits per heavy atom. The van der Waals surface area contributed by atoms with Crippen LogP contribution in [0.5, 0.6) is 0 Å². The van der Waals surface area contributed by atoms with Crippen LogP contribution in [-0.4, -0.2) is 63.6 Å². The van der Waals surface area contributed by atoms with E-state index in [1.807, 2.05) is 23.8 Å². The fourth-order valence-corrected chi connectivity index (χ4v) is 6.58. The fourth-order valence-electron chi connectivity index (χ4n) is 5.64. The van der Waals surface area contributed by atoms with E-state index in [1.165, 1.54) is 35.6 Å². The molecule has 9 heteroatoms. The molecule has 1 saturated carbocycles. The Morgan fingerprint density at radius 1 is 1.08 bits per heavy atom. The number of aromatic nitrogens is 1. The SMILES string of the molecule is C[C@@H](C(=O)N[C@@H](C(=O)N1CCCC1c1nc(C(=O)c2ccc(F)cc2)cs1)C1CCCCC1)N(C)C(C)(C)C. The maximum atomic E-state index is 14.1. The average Bonchev–Trinajstić information content (AvgIpc) is 3.60. The zero-order chi connectivity index (χ0) is 28.3. The highest BCUT2D eigenvalue weighted by atomic mass is 32.1. The van der Waals surface area contributed by atoms with Crippen molar-refractivity contribution < 1.29 is 18.8 Å². The van der Waals surface area contributed by atoms with Gasteiger partial charge in [0.1, 0.15) is 22.6 Å². The van der Waals surface area contributed by atoms with Crippen LogP contribution in [0.25, 0.3) is 0 Å². The van der Waals surface area contributed by atoms with Crippen LogP contribution >= 0.6 is 11.3 Å². The van der Waals surface area contributed by atoms with E-state index < -0.39 is 11.9 Å². The predicted octanol–water partition coefficient (Wildman–Crippen LogP) is 5.36. The van der Waals surface area contributed by atoms with Gasteiger partial charge in [0.25, 0.3) is 0 Å². The average molecular weight is 557 g/mol. The number of ketones is 1. The standard InChI is InChI=1S/C30H41FN4O3S/c1-19(34(5)30(2,3)4)27(37)33-25(20-10-7-6-8-11-20)29(38)35-17-9-12-24(35)28-32-23(18-39-28)26(36)21-13-15-22(31)16-14-21/h13-16,18-20,24-25H,6-12,17H2,1-5H3,(H,33,37)/t19-,24?,25+/m0/s1. The van der Waals surface area contributed by atoms with Crippen LogP contribution in [-0.2, 0) is 9.59 Å². The van der Waals surface area contributed by atoms with Crippen molar-refractivity contribution in [2.75, 3.05) is 13.6 Å². The van der Waals surface area contributed by atoms with E-state index in [4.69, 9.17) is 0 Å². The van der Waals surface area contributed by atoms with E-state index in [1.54, 1.807) is 5.38 Å². The maximum absolute atomic E-state index is 14.1. The third-order valence-corrected chi connectivity index (χ3v) is 9.33. The first-order valence-corrected chi connectivity index (χ1v) is 14.9. The molecule has 0 radical (unpaired) electrons. The second kappa shape index (κ2) is 12.3. The van der Waals surface area contributed by atoms with Crippen LogP contribution in [0.3, 0.4) is 0 Å². The number of hydrogen-bond acceptors (Lipinski definition) is 6. The van der Waals surface area contributed by atoms with Crippen molar-refractivity contribution >= 4 is 28.9 Å². The van der Waals surface area contributed by atoms with Crippen LogP contribution in [0.4, 0.5) is 4.39 Å². The minimum atomic E-state index is -0.575. The van der Waals surface area contributed by atoms with E-state index >= 15 is 0 Å². The number of carbonyl (C=O) groups is 3. The summed E-state index contributed by atoms with van der Waals surface area (Å²) >= 11 is 1.37. The van der Waals surface area contributed by atoms with Crippen molar-refractivity contribution in [1.29, 1.82) is 0 Å². The number of likely N-dealkylation sites (tertiary alicyclic amines) is 1. The molecule has 0 spiro atoms. The molecule has 1 aliphatic carbocycles. The molecule has 1 N–H and O–H groups in total. The second-order valence-electron chi connectivity index (χ2n) is 11.9. The van der Waals surface area contributed by atoms with Gasteiger partial charge in [0.2, 0.25) is 17.6 Å². The largest absolute Gasteiger partial charge is 0.343 e. The molecule has 2 aromatic rings. The lowest BCUT2D eigenvalue weighted by atomic mass is 9.83. The van der Waals surface area contributed by atoms with E-state index in [2.05, 4.69) is 31.1 Å². The summed E-state index contributed by atoms with van der Waals surface area (Å²) in [6, 6.07) is 4.26. The smallest absolute Gasteiger partial charge is 0.246 e. The van der Waals surface area contributed by atoms with Gasteiger partial charge in [-0.3, -0.25) is 19.3 Å². The number of benzene rings is 1. The number of nitrogens with one attached hydrogen (secondary N) is 1. The third kappa shape index (κ3) is 6.74. The zero-order valence-corrected chi connectivity index (χ0v) is 24.5. The lowest BCUT2D eigenvalue weighted by Gasteiger charge is -2.38. The highest BCUT2D eigenvalue weighted by molar-refractivity contribution is 7.10. The van der Waals surface area contributed by atoms with Gasteiger partial charge < -0.3 is 10.2 Å². The lowest BCUT2D eigenvalue weighted by molar-refractivity contribution is -0.140. The Morgan fingerprint density at radius 3 is 2.38 bits per heavy atom. The highest BCUT2D eigenvalue weighted by Crippen LogP contribution is 2.36. The molecule has 4 rings (SSSR count). The van der Waals surface area contributed by atoms with E-state index in [9.17, 15) is 18.8 Å². The molecule has 39 heavy (non-hydrogen) atoms. The molecule has 3 atom stereocenters. The Bertz CT molecular complexity index is 1170. The first-order valence-electron chi connectivity index (χ1n) is 14.1. The number of nitrogens with zero attached hydrogens (tertiary/aromatic N) is 3. The van der Waals surface area contributed by atoms with Crippen molar-refractivity contribution in [2.24, 2.45) is 5.92 Å². The lowest BCUT2D eigenvalue weighted by Crippen LogP contribution is -2.58. The Hall–Kier alpha value is -2.65. The Balaban J connectivity index is 1.53. The molecule has 1 saturated heterocycles. The van der Waals surface area contributed by atoms with Crippen molar-refractivity contribution in [3.8, 4) is 0 Å². The zero-order valence-electron chi connectivity index (χ0n) is 23.7. The molecule has 7 nitrogen and oxygen atoms in total. The van der Waals surface area contributed by atoms with E-state index in [0.29, 0.717) is 17.8 Å². The maximum Gasteiger partial charge on any atom is 0.246 e. The molecule has 1 aromatic carbocycles. The molecular weight excluding hydrogens is 515 g/mol. The van der Waals surface area contributed by atoms with Gasteiger partial charge in [-0.05, 0) is 90.6 Å². The molecule has 2 heterocycles. The molecule has 0 bridgehead atoms. The molecule has 2 aliphatic rings. The quantitative estimate of drug-likeness (QED) is 0.443. The molecule has 2 fully saturated rings. The highest BCUT2D eigenvalue weighted by Gasteiger charge is 2.41.